The molecular formula is C24H30N2O3. The third kappa shape index (κ3) is 5.59. The predicted molar refractivity (Wildman–Crippen MR) is 115 cm³/mol. The third-order valence-corrected chi connectivity index (χ3v) is 5.38. The van der Waals surface area contributed by atoms with E-state index in [0.717, 1.165) is 43.0 Å². The minimum Gasteiger partial charge on any atom is -0.493 e. The lowest BCUT2D eigenvalue weighted by molar-refractivity contribution is -0.131. The summed E-state index contributed by atoms with van der Waals surface area (Å²) in [6.07, 6.45) is 2.36. The number of nitrogens with zero attached hydrogens (tertiary/aromatic N) is 1. The van der Waals surface area contributed by atoms with Crippen molar-refractivity contribution in [2.24, 2.45) is 0 Å². The van der Waals surface area contributed by atoms with Crippen LogP contribution in [0.15, 0.2) is 42.5 Å². The van der Waals surface area contributed by atoms with Gasteiger partial charge in [-0.3, -0.25) is 9.59 Å². The summed E-state index contributed by atoms with van der Waals surface area (Å²) < 4.78 is 5.57. The van der Waals surface area contributed by atoms with Gasteiger partial charge in [-0.1, -0.05) is 30.3 Å². The van der Waals surface area contributed by atoms with E-state index in [-0.39, 0.29) is 11.8 Å². The molecule has 0 saturated heterocycles. The topological polar surface area (TPSA) is 58.6 Å². The first kappa shape index (κ1) is 20.9. The second-order valence-electron chi connectivity index (χ2n) is 7.31. The Kier molecular flexibility index (Phi) is 7.28. The number of ether oxygens (including phenoxy) is 1. The van der Waals surface area contributed by atoms with E-state index in [9.17, 15) is 9.59 Å². The van der Waals surface area contributed by atoms with Crippen molar-refractivity contribution < 1.29 is 14.3 Å². The maximum absolute atomic E-state index is 12.1. The molecule has 1 aliphatic heterocycles. The zero-order valence-electron chi connectivity index (χ0n) is 17.4. The van der Waals surface area contributed by atoms with Crippen molar-refractivity contribution in [1.29, 1.82) is 0 Å². The lowest BCUT2D eigenvalue weighted by atomic mass is 10.0. The van der Waals surface area contributed by atoms with Crippen molar-refractivity contribution in [3.63, 3.8) is 0 Å². The number of benzene rings is 2. The molecule has 5 heteroatoms. The Balaban J connectivity index is 1.44. The second-order valence-corrected chi connectivity index (χ2v) is 7.31. The fourth-order valence-corrected chi connectivity index (χ4v) is 3.60. The number of fused-ring (bicyclic) bond motifs is 1. The van der Waals surface area contributed by atoms with Gasteiger partial charge in [-0.2, -0.15) is 0 Å². The fraction of sp³-hybridized carbons (Fsp3) is 0.417. The van der Waals surface area contributed by atoms with Gasteiger partial charge >= 0.3 is 0 Å². The lowest BCUT2D eigenvalue weighted by Gasteiger charge is -2.18. The number of carbonyl (C=O) groups excluding carboxylic acids is 2. The van der Waals surface area contributed by atoms with Crippen LogP contribution in [0.3, 0.4) is 0 Å². The van der Waals surface area contributed by atoms with E-state index in [1.165, 1.54) is 11.1 Å². The first-order valence-corrected chi connectivity index (χ1v) is 10.5. The molecule has 0 unspecified atom stereocenters. The molecule has 154 valence electrons. The van der Waals surface area contributed by atoms with Gasteiger partial charge < -0.3 is 15.0 Å². The Hall–Kier alpha value is -2.82. The van der Waals surface area contributed by atoms with Crippen molar-refractivity contribution in [2.45, 2.75) is 46.1 Å². The van der Waals surface area contributed by atoms with E-state index in [0.29, 0.717) is 25.8 Å². The van der Waals surface area contributed by atoms with Gasteiger partial charge in [0.05, 0.1) is 6.61 Å². The molecule has 1 aliphatic rings. The zero-order chi connectivity index (χ0) is 20.6. The summed E-state index contributed by atoms with van der Waals surface area (Å²) in [6, 6.07) is 14.6. The summed E-state index contributed by atoms with van der Waals surface area (Å²) in [5.41, 5.74) is 4.66. The number of rotatable bonds is 9. The van der Waals surface area contributed by atoms with Crippen molar-refractivity contribution in [1.82, 2.24) is 10.2 Å². The Bertz CT molecular complexity index is 842. The molecule has 0 bridgehead atoms. The van der Waals surface area contributed by atoms with Crippen LogP contribution in [-0.2, 0) is 22.6 Å². The molecule has 1 N–H and O–H groups in total. The Morgan fingerprint density at radius 2 is 1.72 bits per heavy atom. The van der Waals surface area contributed by atoms with Gasteiger partial charge in [0.1, 0.15) is 5.75 Å². The highest BCUT2D eigenvalue weighted by atomic mass is 16.5. The van der Waals surface area contributed by atoms with E-state index >= 15 is 0 Å². The van der Waals surface area contributed by atoms with Gasteiger partial charge in [0.2, 0.25) is 11.8 Å². The largest absolute Gasteiger partial charge is 0.493 e. The van der Waals surface area contributed by atoms with Gasteiger partial charge in [-0.25, -0.2) is 0 Å². The maximum atomic E-state index is 12.1. The summed E-state index contributed by atoms with van der Waals surface area (Å²) in [5, 5.41) is 2.94. The minimum atomic E-state index is -0.0138. The monoisotopic (exact) mass is 394 g/mol. The highest BCUT2D eigenvalue weighted by molar-refractivity contribution is 5.79. The molecule has 3 rings (SSSR count). The van der Waals surface area contributed by atoms with Gasteiger partial charge in [-0.15, -0.1) is 0 Å². The van der Waals surface area contributed by atoms with E-state index in [1.54, 1.807) is 4.90 Å². The Morgan fingerprint density at radius 1 is 1.00 bits per heavy atom. The molecule has 0 spiro atoms. The average molecular weight is 395 g/mol. The van der Waals surface area contributed by atoms with Gasteiger partial charge in [0, 0.05) is 38.9 Å². The zero-order valence-corrected chi connectivity index (χ0v) is 17.4. The Labute approximate surface area is 173 Å². The van der Waals surface area contributed by atoms with E-state index in [4.69, 9.17) is 4.74 Å². The summed E-state index contributed by atoms with van der Waals surface area (Å²) in [4.78, 5) is 25.8. The van der Waals surface area contributed by atoms with Crippen LogP contribution in [0.2, 0.25) is 0 Å². The van der Waals surface area contributed by atoms with Crippen LogP contribution in [0.5, 0.6) is 5.75 Å². The van der Waals surface area contributed by atoms with E-state index in [2.05, 4.69) is 29.6 Å². The average Bonchev–Trinajstić information content (AvgIpc) is 3.21. The summed E-state index contributed by atoms with van der Waals surface area (Å²) in [5.74, 6) is 1.10. The standard InChI is InChI=1S/C24H30N2O3/c1-3-26(4-2)24(28)7-5-6-23(27)25-17-18-8-10-19(11-9-18)20-12-13-22-21(16-20)14-15-29-22/h8-13,16H,3-7,14-15,17H2,1-2H3,(H,25,27). The molecule has 2 aromatic carbocycles. The van der Waals surface area contributed by atoms with Gasteiger partial charge in [-0.05, 0) is 54.7 Å². The van der Waals surface area contributed by atoms with E-state index < -0.39 is 0 Å². The van der Waals surface area contributed by atoms with Crippen molar-refractivity contribution in [3.05, 3.63) is 53.6 Å². The van der Waals surface area contributed by atoms with Crippen LogP contribution in [0.1, 0.15) is 44.2 Å². The minimum absolute atomic E-state index is 0.0138. The smallest absolute Gasteiger partial charge is 0.222 e. The molecule has 0 saturated carbocycles. The number of hydrogen-bond acceptors (Lipinski definition) is 3. The van der Waals surface area contributed by atoms with Crippen LogP contribution in [-0.4, -0.2) is 36.4 Å². The van der Waals surface area contributed by atoms with Crippen LogP contribution >= 0.6 is 0 Å². The number of hydrogen-bond donors (Lipinski definition) is 1. The van der Waals surface area contributed by atoms with Crippen LogP contribution < -0.4 is 10.1 Å². The van der Waals surface area contributed by atoms with Crippen LogP contribution in [0, 0.1) is 0 Å². The normalized spacial score (nSPS) is 12.2. The Morgan fingerprint density at radius 3 is 2.45 bits per heavy atom. The molecule has 0 fully saturated rings. The number of amides is 2. The molecule has 29 heavy (non-hydrogen) atoms. The highest BCUT2D eigenvalue weighted by Crippen LogP contribution is 2.30. The van der Waals surface area contributed by atoms with Crippen LogP contribution in [0.25, 0.3) is 11.1 Å². The molecule has 5 nitrogen and oxygen atoms in total. The summed E-state index contributed by atoms with van der Waals surface area (Å²) in [7, 11) is 0. The third-order valence-electron chi connectivity index (χ3n) is 5.38. The SMILES string of the molecule is CCN(CC)C(=O)CCCC(=O)NCc1ccc(-c2ccc3c(c2)CCO3)cc1. The van der Waals surface area contributed by atoms with Crippen molar-refractivity contribution in [2.75, 3.05) is 19.7 Å². The molecule has 0 radical (unpaired) electrons. The van der Waals surface area contributed by atoms with E-state index in [1.807, 2.05) is 32.0 Å². The first-order chi connectivity index (χ1) is 14.1. The quantitative estimate of drug-likeness (QED) is 0.701. The fourth-order valence-electron chi connectivity index (χ4n) is 3.60. The molecular weight excluding hydrogens is 364 g/mol. The maximum Gasteiger partial charge on any atom is 0.222 e. The highest BCUT2D eigenvalue weighted by Gasteiger charge is 2.13. The number of nitrogens with one attached hydrogen (secondary N) is 1. The first-order valence-electron chi connectivity index (χ1n) is 10.5. The van der Waals surface area contributed by atoms with Crippen molar-refractivity contribution in [3.8, 4) is 16.9 Å². The number of carbonyl (C=O) groups is 2. The van der Waals surface area contributed by atoms with Crippen LogP contribution in [0.4, 0.5) is 0 Å². The molecule has 2 aromatic rings. The molecule has 0 aliphatic carbocycles. The van der Waals surface area contributed by atoms with Gasteiger partial charge in [0.25, 0.3) is 0 Å². The molecule has 1 heterocycles. The predicted octanol–water partition coefficient (Wildman–Crippen LogP) is 3.94. The van der Waals surface area contributed by atoms with Crippen molar-refractivity contribution >= 4 is 11.8 Å². The summed E-state index contributed by atoms with van der Waals surface area (Å²) in [6.45, 7) is 6.64. The summed E-state index contributed by atoms with van der Waals surface area (Å²) >= 11 is 0. The lowest BCUT2D eigenvalue weighted by Crippen LogP contribution is -2.30. The molecule has 2 amide bonds. The van der Waals surface area contributed by atoms with Gasteiger partial charge in [0.15, 0.2) is 0 Å². The molecule has 0 aromatic heterocycles. The molecule has 0 atom stereocenters. The second kappa shape index (κ2) is 10.1.